The van der Waals surface area contributed by atoms with Crippen LogP contribution in [-0.4, -0.2) is 65.3 Å². The minimum absolute atomic E-state index is 0.0115. The minimum atomic E-state index is -0.335. The minimum Gasteiger partial charge on any atom is -0.353 e. The molecule has 22 heavy (non-hydrogen) atoms. The highest BCUT2D eigenvalue weighted by Crippen LogP contribution is 2.19. The highest BCUT2D eigenvalue weighted by Gasteiger charge is 2.33. The normalized spacial score (nSPS) is 23.4. The van der Waals surface area contributed by atoms with Gasteiger partial charge in [-0.05, 0) is 11.4 Å². The maximum absolute atomic E-state index is 12.5. The Hall–Kier alpha value is -1.05. The van der Waals surface area contributed by atoms with Gasteiger partial charge in [0.2, 0.25) is 11.8 Å². The lowest BCUT2D eigenvalue weighted by molar-refractivity contribution is -0.138. The van der Waals surface area contributed by atoms with E-state index >= 15 is 0 Å². The third-order valence-corrected chi connectivity index (χ3v) is 5.92. The molecule has 2 aliphatic rings. The van der Waals surface area contributed by atoms with Crippen molar-refractivity contribution in [2.45, 2.75) is 19.0 Å². The van der Waals surface area contributed by atoms with Gasteiger partial charge in [0.1, 0.15) is 0 Å². The molecule has 0 unspecified atom stereocenters. The second kappa shape index (κ2) is 7.48. The second-order valence-corrected chi connectivity index (χ2v) is 7.81. The van der Waals surface area contributed by atoms with Gasteiger partial charge < -0.3 is 10.2 Å². The monoisotopic (exact) mass is 339 g/mol. The number of carbonyl (C=O) groups excluding carboxylic acids is 2. The van der Waals surface area contributed by atoms with E-state index in [1.54, 1.807) is 11.3 Å². The molecular weight excluding hydrogens is 318 g/mol. The molecule has 3 rings (SSSR count). The zero-order chi connectivity index (χ0) is 15.4. The van der Waals surface area contributed by atoms with Crippen molar-refractivity contribution in [3.8, 4) is 0 Å². The Morgan fingerprint density at radius 3 is 2.86 bits per heavy atom. The molecule has 0 aliphatic carbocycles. The van der Waals surface area contributed by atoms with Crippen molar-refractivity contribution in [3.63, 3.8) is 0 Å². The van der Waals surface area contributed by atoms with E-state index in [0.29, 0.717) is 13.0 Å². The van der Waals surface area contributed by atoms with Crippen LogP contribution in [0, 0.1) is 0 Å². The number of amides is 2. The Bertz CT molecular complexity index is 515. The molecule has 0 radical (unpaired) electrons. The van der Waals surface area contributed by atoms with Crippen LogP contribution in [0.15, 0.2) is 17.5 Å². The van der Waals surface area contributed by atoms with Crippen LogP contribution in [0.3, 0.4) is 0 Å². The maximum Gasteiger partial charge on any atom is 0.237 e. The van der Waals surface area contributed by atoms with Gasteiger partial charge in [0.15, 0.2) is 0 Å². The standard InChI is InChI=1S/C15H21N3O2S2/c19-14(17-5-8-21-9-6-17)10-13-15(20)16-3-4-18(13)11-12-2-1-7-22-12/h1-2,7,13H,3-6,8-11H2,(H,16,20)/t13-/m1/s1. The topological polar surface area (TPSA) is 52.7 Å². The largest absolute Gasteiger partial charge is 0.353 e. The van der Waals surface area contributed by atoms with Gasteiger partial charge in [-0.3, -0.25) is 14.5 Å². The molecule has 3 heterocycles. The first-order valence-corrected chi connectivity index (χ1v) is 9.67. The van der Waals surface area contributed by atoms with Crippen LogP contribution >= 0.6 is 23.1 Å². The molecular formula is C15H21N3O2S2. The predicted octanol–water partition coefficient (Wildman–Crippen LogP) is 1.01. The molecule has 1 aromatic rings. The van der Waals surface area contributed by atoms with Gasteiger partial charge in [-0.1, -0.05) is 6.07 Å². The maximum atomic E-state index is 12.5. The van der Waals surface area contributed by atoms with Gasteiger partial charge in [0.25, 0.3) is 0 Å². The molecule has 5 nitrogen and oxygen atoms in total. The first-order valence-electron chi connectivity index (χ1n) is 7.64. The lowest BCUT2D eigenvalue weighted by Gasteiger charge is -2.36. The Morgan fingerprint density at radius 1 is 1.32 bits per heavy atom. The van der Waals surface area contributed by atoms with Crippen LogP contribution in [0.5, 0.6) is 0 Å². The van der Waals surface area contributed by atoms with E-state index in [-0.39, 0.29) is 17.9 Å². The molecule has 0 saturated carbocycles. The predicted molar refractivity (Wildman–Crippen MR) is 90.0 cm³/mol. The highest BCUT2D eigenvalue weighted by molar-refractivity contribution is 7.99. The van der Waals surface area contributed by atoms with Crippen molar-refractivity contribution in [2.75, 3.05) is 37.7 Å². The summed E-state index contributed by atoms with van der Waals surface area (Å²) >= 11 is 3.58. The molecule has 1 atom stereocenters. The fourth-order valence-corrected chi connectivity index (χ4v) is 4.52. The highest BCUT2D eigenvalue weighted by atomic mass is 32.2. The Kier molecular flexibility index (Phi) is 5.38. The number of piperazine rings is 1. The van der Waals surface area contributed by atoms with E-state index in [1.165, 1.54) is 4.88 Å². The summed E-state index contributed by atoms with van der Waals surface area (Å²) in [7, 11) is 0. The summed E-state index contributed by atoms with van der Waals surface area (Å²) in [5, 5.41) is 4.94. The zero-order valence-electron chi connectivity index (χ0n) is 12.5. The summed E-state index contributed by atoms with van der Waals surface area (Å²) < 4.78 is 0. The van der Waals surface area contributed by atoms with Gasteiger partial charge in [-0.2, -0.15) is 11.8 Å². The van der Waals surface area contributed by atoms with Crippen molar-refractivity contribution < 1.29 is 9.59 Å². The summed E-state index contributed by atoms with van der Waals surface area (Å²) in [4.78, 5) is 30.0. The summed E-state index contributed by atoms with van der Waals surface area (Å²) in [5.41, 5.74) is 0. The lowest BCUT2D eigenvalue weighted by atomic mass is 10.1. The summed E-state index contributed by atoms with van der Waals surface area (Å²) in [6, 6.07) is 3.77. The Balaban J connectivity index is 1.64. The van der Waals surface area contributed by atoms with Crippen molar-refractivity contribution in [1.82, 2.24) is 15.1 Å². The van der Waals surface area contributed by atoms with E-state index in [0.717, 1.165) is 37.7 Å². The number of hydrogen-bond donors (Lipinski definition) is 1. The first kappa shape index (κ1) is 15.8. The van der Waals surface area contributed by atoms with Crippen molar-refractivity contribution in [2.24, 2.45) is 0 Å². The van der Waals surface area contributed by atoms with Crippen LogP contribution in [0.1, 0.15) is 11.3 Å². The molecule has 0 spiro atoms. The van der Waals surface area contributed by atoms with Crippen LogP contribution in [-0.2, 0) is 16.1 Å². The third-order valence-electron chi connectivity index (χ3n) is 4.11. The molecule has 0 aromatic carbocycles. The molecule has 2 saturated heterocycles. The van der Waals surface area contributed by atoms with Crippen molar-refractivity contribution >= 4 is 34.9 Å². The van der Waals surface area contributed by atoms with Gasteiger partial charge in [-0.25, -0.2) is 0 Å². The Labute approximate surface area is 139 Å². The van der Waals surface area contributed by atoms with E-state index in [4.69, 9.17) is 0 Å². The number of thioether (sulfide) groups is 1. The van der Waals surface area contributed by atoms with Crippen molar-refractivity contribution in [3.05, 3.63) is 22.4 Å². The molecule has 2 aliphatic heterocycles. The molecule has 0 bridgehead atoms. The van der Waals surface area contributed by atoms with Crippen LogP contribution in [0.2, 0.25) is 0 Å². The van der Waals surface area contributed by atoms with Gasteiger partial charge in [-0.15, -0.1) is 11.3 Å². The number of thiophene rings is 1. The number of hydrogen-bond acceptors (Lipinski definition) is 5. The van der Waals surface area contributed by atoms with Crippen LogP contribution in [0.25, 0.3) is 0 Å². The molecule has 7 heteroatoms. The summed E-state index contributed by atoms with van der Waals surface area (Å²) in [6.07, 6.45) is 0.294. The van der Waals surface area contributed by atoms with E-state index in [1.807, 2.05) is 28.1 Å². The van der Waals surface area contributed by atoms with E-state index < -0.39 is 0 Å². The zero-order valence-corrected chi connectivity index (χ0v) is 14.1. The fourth-order valence-electron chi connectivity index (χ4n) is 2.88. The fraction of sp³-hybridized carbons (Fsp3) is 0.600. The molecule has 2 amide bonds. The molecule has 120 valence electrons. The number of nitrogens with zero attached hydrogens (tertiary/aromatic N) is 2. The van der Waals surface area contributed by atoms with Gasteiger partial charge >= 0.3 is 0 Å². The van der Waals surface area contributed by atoms with Gasteiger partial charge in [0, 0.05) is 49.1 Å². The average Bonchev–Trinajstić information content (AvgIpc) is 3.04. The second-order valence-electron chi connectivity index (χ2n) is 5.55. The molecule has 1 aromatic heterocycles. The summed E-state index contributed by atoms with van der Waals surface area (Å²) in [6.45, 7) is 3.83. The summed E-state index contributed by atoms with van der Waals surface area (Å²) in [5.74, 6) is 2.10. The van der Waals surface area contributed by atoms with Crippen LogP contribution < -0.4 is 5.32 Å². The van der Waals surface area contributed by atoms with E-state index in [2.05, 4.69) is 16.3 Å². The lowest BCUT2D eigenvalue weighted by Crippen LogP contribution is -2.56. The number of carbonyl (C=O) groups is 2. The number of rotatable bonds is 4. The van der Waals surface area contributed by atoms with Crippen LogP contribution in [0.4, 0.5) is 0 Å². The SMILES string of the molecule is O=C1NCCN(Cc2cccs2)[C@@H]1CC(=O)N1CCSCC1. The molecule has 2 fully saturated rings. The smallest absolute Gasteiger partial charge is 0.237 e. The Morgan fingerprint density at radius 2 is 2.14 bits per heavy atom. The number of nitrogens with one attached hydrogen (secondary N) is 1. The third kappa shape index (κ3) is 3.83. The average molecular weight is 339 g/mol. The van der Waals surface area contributed by atoms with E-state index in [9.17, 15) is 9.59 Å². The molecule has 1 N–H and O–H groups in total. The first-order chi connectivity index (χ1) is 10.7. The van der Waals surface area contributed by atoms with Crippen molar-refractivity contribution in [1.29, 1.82) is 0 Å². The van der Waals surface area contributed by atoms with Gasteiger partial charge in [0.05, 0.1) is 12.5 Å². The quantitative estimate of drug-likeness (QED) is 0.890.